The average molecular weight is 408 g/mol. The number of piperidine rings is 3. The Hall–Kier alpha value is -2.89. The summed E-state index contributed by atoms with van der Waals surface area (Å²) in [6.45, 7) is 4.79. The van der Waals surface area contributed by atoms with E-state index in [2.05, 4.69) is 97.1 Å². The summed E-state index contributed by atoms with van der Waals surface area (Å²) in [6, 6.07) is 35.0. The summed E-state index contributed by atoms with van der Waals surface area (Å²) in [5.41, 5.74) is 3.20. The summed E-state index contributed by atoms with van der Waals surface area (Å²) in [7, 11) is 0. The molecule has 0 radical (unpaired) electrons. The van der Waals surface area contributed by atoms with Crippen LogP contribution in [0.1, 0.15) is 36.0 Å². The smallest absolute Gasteiger partial charge is 0.113 e. The second-order valence-electron chi connectivity index (χ2n) is 9.60. The van der Waals surface area contributed by atoms with Gasteiger partial charge < -0.3 is 4.48 Å². The molecule has 31 heavy (non-hydrogen) atoms. The monoisotopic (exact) mass is 407 g/mol. The minimum atomic E-state index is -0.578. The molecular formula is C29H31N2+. The Morgan fingerprint density at radius 3 is 1.61 bits per heavy atom. The summed E-state index contributed by atoms with van der Waals surface area (Å²) in [4.78, 5) is 0. The Morgan fingerprint density at radius 2 is 1.16 bits per heavy atom. The van der Waals surface area contributed by atoms with E-state index in [0.29, 0.717) is 0 Å². The number of nitrogens with zero attached hydrogens (tertiary/aromatic N) is 2. The summed E-state index contributed by atoms with van der Waals surface area (Å²) < 4.78 is 1.22. The van der Waals surface area contributed by atoms with Crippen LogP contribution in [-0.2, 0) is 11.8 Å². The minimum absolute atomic E-state index is 0.0111. The van der Waals surface area contributed by atoms with Gasteiger partial charge in [-0.3, -0.25) is 0 Å². The van der Waals surface area contributed by atoms with Crippen molar-refractivity contribution in [2.75, 3.05) is 26.2 Å². The predicted molar refractivity (Wildman–Crippen MR) is 125 cm³/mol. The highest BCUT2D eigenvalue weighted by molar-refractivity contribution is 5.49. The van der Waals surface area contributed by atoms with Gasteiger partial charge in [-0.1, -0.05) is 91.0 Å². The van der Waals surface area contributed by atoms with Crippen molar-refractivity contribution in [2.45, 2.75) is 31.1 Å². The van der Waals surface area contributed by atoms with E-state index < -0.39 is 5.41 Å². The highest BCUT2D eigenvalue weighted by atomic mass is 15.4. The number of benzene rings is 3. The molecule has 2 nitrogen and oxygen atoms in total. The maximum Gasteiger partial charge on any atom is 0.113 e. The molecule has 3 fully saturated rings. The maximum absolute atomic E-state index is 10.8. The fourth-order valence-corrected chi connectivity index (χ4v) is 6.38. The largest absolute Gasteiger partial charge is 0.323 e. The van der Waals surface area contributed by atoms with Gasteiger partial charge in [-0.25, -0.2) is 0 Å². The fourth-order valence-electron chi connectivity index (χ4n) is 6.38. The lowest BCUT2D eigenvalue weighted by Gasteiger charge is -2.60. The lowest BCUT2D eigenvalue weighted by atomic mass is 9.50. The third-order valence-corrected chi connectivity index (χ3v) is 8.29. The first kappa shape index (κ1) is 20.0. The minimum Gasteiger partial charge on any atom is -0.323 e. The first-order valence-corrected chi connectivity index (χ1v) is 11.6. The van der Waals surface area contributed by atoms with Crippen LogP contribution in [-0.4, -0.2) is 30.7 Å². The molecule has 0 spiro atoms. The molecule has 0 atom stereocenters. The second kappa shape index (κ2) is 7.98. The van der Waals surface area contributed by atoms with E-state index in [1.807, 2.05) is 0 Å². The summed E-state index contributed by atoms with van der Waals surface area (Å²) in [6.07, 6.45) is 4.52. The highest BCUT2D eigenvalue weighted by Crippen LogP contribution is 2.58. The number of hydrogen-bond acceptors (Lipinski definition) is 1. The van der Waals surface area contributed by atoms with Crippen LogP contribution in [0.25, 0.3) is 0 Å². The summed E-state index contributed by atoms with van der Waals surface area (Å²) in [5.74, 6) is 0. The van der Waals surface area contributed by atoms with Crippen LogP contribution in [0.2, 0.25) is 0 Å². The molecule has 2 heteroatoms. The van der Waals surface area contributed by atoms with Gasteiger partial charge in [0.05, 0.1) is 32.2 Å². The molecule has 0 aliphatic carbocycles. The zero-order chi connectivity index (χ0) is 21.2. The Balaban J connectivity index is 1.47. The van der Waals surface area contributed by atoms with Gasteiger partial charge in [0, 0.05) is 31.1 Å². The number of fused-ring (bicyclic) bond motifs is 3. The van der Waals surface area contributed by atoms with Crippen molar-refractivity contribution in [3.05, 3.63) is 108 Å². The molecule has 3 aliphatic rings. The average Bonchev–Trinajstić information content (AvgIpc) is 2.87. The second-order valence-corrected chi connectivity index (χ2v) is 9.60. The van der Waals surface area contributed by atoms with E-state index in [-0.39, 0.29) is 5.41 Å². The molecule has 3 aromatic carbocycles. The van der Waals surface area contributed by atoms with Gasteiger partial charge in [-0.05, 0) is 16.7 Å². The Bertz CT molecular complexity index is 986. The molecule has 0 unspecified atom stereocenters. The molecule has 0 N–H and O–H groups in total. The van der Waals surface area contributed by atoms with Crippen molar-refractivity contribution in [3.63, 3.8) is 0 Å². The van der Waals surface area contributed by atoms with E-state index in [9.17, 15) is 5.26 Å². The van der Waals surface area contributed by atoms with Crippen LogP contribution in [0.15, 0.2) is 91.0 Å². The molecular weight excluding hydrogens is 376 g/mol. The van der Waals surface area contributed by atoms with Crippen LogP contribution in [0.5, 0.6) is 0 Å². The molecule has 156 valence electrons. The van der Waals surface area contributed by atoms with E-state index >= 15 is 0 Å². The lowest BCUT2D eigenvalue weighted by Crippen LogP contribution is -2.66. The first-order valence-electron chi connectivity index (χ1n) is 11.6. The third kappa shape index (κ3) is 3.29. The highest BCUT2D eigenvalue weighted by Gasteiger charge is 2.61. The maximum atomic E-state index is 10.8. The molecule has 3 saturated heterocycles. The van der Waals surface area contributed by atoms with Crippen LogP contribution in [0.4, 0.5) is 0 Å². The van der Waals surface area contributed by atoms with E-state index in [1.165, 1.54) is 36.2 Å². The van der Waals surface area contributed by atoms with E-state index in [4.69, 9.17) is 0 Å². The molecule has 0 saturated carbocycles. The number of hydrogen-bond donors (Lipinski definition) is 0. The van der Waals surface area contributed by atoms with E-state index in [0.717, 1.165) is 36.8 Å². The lowest BCUT2D eigenvalue weighted by molar-refractivity contribution is -0.945. The topological polar surface area (TPSA) is 23.8 Å². The third-order valence-electron chi connectivity index (χ3n) is 8.29. The van der Waals surface area contributed by atoms with Gasteiger partial charge in [0.2, 0.25) is 0 Å². The predicted octanol–water partition coefficient (Wildman–Crippen LogP) is 5.74. The summed E-state index contributed by atoms with van der Waals surface area (Å²) >= 11 is 0. The van der Waals surface area contributed by atoms with Gasteiger partial charge in [0.15, 0.2) is 0 Å². The van der Waals surface area contributed by atoms with Crippen LogP contribution < -0.4 is 0 Å². The Morgan fingerprint density at radius 1 is 0.710 bits per heavy atom. The SMILES string of the molecule is N#CC(c1ccccc1)(c1ccccc1)C12CC[N+](CCc3ccccc3)(CC1)CC2. The Labute approximate surface area is 186 Å². The number of rotatable bonds is 6. The van der Waals surface area contributed by atoms with Gasteiger partial charge in [0.1, 0.15) is 5.41 Å². The summed E-state index contributed by atoms with van der Waals surface area (Å²) in [5, 5.41) is 10.8. The van der Waals surface area contributed by atoms with Crippen molar-refractivity contribution in [1.29, 1.82) is 5.26 Å². The molecule has 0 amide bonds. The van der Waals surface area contributed by atoms with Gasteiger partial charge in [-0.2, -0.15) is 5.26 Å². The zero-order valence-electron chi connectivity index (χ0n) is 18.2. The molecule has 2 bridgehead atoms. The zero-order valence-corrected chi connectivity index (χ0v) is 18.2. The van der Waals surface area contributed by atoms with Crippen molar-refractivity contribution in [2.24, 2.45) is 5.41 Å². The van der Waals surface area contributed by atoms with Crippen LogP contribution in [0.3, 0.4) is 0 Å². The number of quaternary nitrogens is 1. The standard InChI is InChI=1S/C29H31N2/c30-24-29(26-12-6-2-7-13-26,27-14-8-3-9-15-27)28-17-21-31(22-18-28,23-19-28)20-16-25-10-4-1-5-11-25/h1-15H,16-23H2/q+1. The van der Waals surface area contributed by atoms with Gasteiger partial charge >= 0.3 is 0 Å². The fraction of sp³-hybridized carbons (Fsp3) is 0.345. The normalized spacial score (nSPS) is 25.1. The quantitative estimate of drug-likeness (QED) is 0.478. The molecule has 0 aromatic heterocycles. The van der Waals surface area contributed by atoms with Crippen molar-refractivity contribution < 1.29 is 4.48 Å². The molecule has 3 aliphatic heterocycles. The van der Waals surface area contributed by atoms with Gasteiger partial charge in [0.25, 0.3) is 0 Å². The van der Waals surface area contributed by atoms with E-state index in [1.54, 1.807) is 0 Å². The van der Waals surface area contributed by atoms with Crippen molar-refractivity contribution in [1.82, 2.24) is 0 Å². The van der Waals surface area contributed by atoms with Crippen molar-refractivity contribution >= 4 is 0 Å². The Kier molecular flexibility index (Phi) is 5.16. The van der Waals surface area contributed by atoms with Crippen LogP contribution in [0, 0.1) is 16.7 Å². The molecule has 3 heterocycles. The van der Waals surface area contributed by atoms with Crippen molar-refractivity contribution in [3.8, 4) is 6.07 Å². The molecule has 6 rings (SSSR count). The first-order chi connectivity index (χ1) is 15.2. The van der Waals surface area contributed by atoms with Crippen LogP contribution >= 0.6 is 0 Å². The number of nitriles is 1. The van der Waals surface area contributed by atoms with Gasteiger partial charge in [-0.15, -0.1) is 0 Å². The molecule has 3 aromatic rings.